The maximum absolute atomic E-state index is 6.02. The molecule has 5 heteroatoms. The van der Waals surface area contributed by atoms with E-state index in [4.69, 9.17) is 16.3 Å². The number of methoxy groups -OCH3 is 1. The summed E-state index contributed by atoms with van der Waals surface area (Å²) < 4.78 is 6.76. The zero-order valence-corrected chi connectivity index (χ0v) is 9.37. The summed E-state index contributed by atoms with van der Waals surface area (Å²) >= 11 is 6.02. The predicted molar refractivity (Wildman–Crippen MR) is 55.4 cm³/mol. The molecule has 1 atom stereocenters. The largest absolute Gasteiger partial charge is 0.385 e. The van der Waals surface area contributed by atoms with Gasteiger partial charge >= 0.3 is 0 Å². The number of aryl methyl sites for hydroxylation is 1. The van der Waals surface area contributed by atoms with Gasteiger partial charge in [0.25, 0.3) is 0 Å². The molecule has 80 valence electrons. The van der Waals surface area contributed by atoms with Crippen molar-refractivity contribution in [1.82, 2.24) is 15.0 Å². The minimum atomic E-state index is -0.0221. The maximum atomic E-state index is 6.02. The molecule has 0 aliphatic carbocycles. The Labute approximate surface area is 89.2 Å². The smallest absolute Gasteiger partial charge is 0.100 e. The molecule has 1 unspecified atom stereocenters. The van der Waals surface area contributed by atoms with Crippen molar-refractivity contribution in [3.63, 3.8) is 0 Å². The second kappa shape index (κ2) is 5.98. The summed E-state index contributed by atoms with van der Waals surface area (Å²) in [6.45, 7) is 3.60. The van der Waals surface area contributed by atoms with Gasteiger partial charge in [-0.1, -0.05) is 12.1 Å². The Morgan fingerprint density at radius 2 is 2.43 bits per heavy atom. The molecule has 0 aliphatic rings. The number of hydrogen-bond acceptors (Lipinski definition) is 3. The van der Waals surface area contributed by atoms with Crippen molar-refractivity contribution in [2.24, 2.45) is 0 Å². The fourth-order valence-electron chi connectivity index (χ4n) is 1.15. The van der Waals surface area contributed by atoms with Gasteiger partial charge in [0, 0.05) is 26.5 Å². The summed E-state index contributed by atoms with van der Waals surface area (Å²) in [5.41, 5.74) is 0.853. The Hall–Kier alpha value is -0.610. The van der Waals surface area contributed by atoms with Crippen LogP contribution in [0.1, 0.15) is 30.8 Å². The highest BCUT2D eigenvalue weighted by Gasteiger charge is 2.09. The van der Waals surface area contributed by atoms with E-state index >= 15 is 0 Å². The molecule has 0 amide bonds. The van der Waals surface area contributed by atoms with Crippen LogP contribution in [0.5, 0.6) is 0 Å². The molecule has 0 saturated heterocycles. The number of halogens is 1. The standard InChI is InChI=1S/C9H16ClN3O/c1-3-8(10)9-7-13(12-11-9)5-4-6-14-2/h7-8H,3-6H2,1-2H3. The highest BCUT2D eigenvalue weighted by Crippen LogP contribution is 2.20. The van der Waals surface area contributed by atoms with Gasteiger partial charge in [-0.05, 0) is 12.8 Å². The molecule has 0 saturated carbocycles. The first-order valence-corrected chi connectivity index (χ1v) is 5.24. The van der Waals surface area contributed by atoms with E-state index in [1.54, 1.807) is 11.8 Å². The lowest BCUT2D eigenvalue weighted by molar-refractivity contribution is 0.188. The van der Waals surface area contributed by atoms with Crippen LogP contribution in [0, 0.1) is 0 Å². The Kier molecular flexibility index (Phi) is 4.90. The average Bonchev–Trinajstić information content (AvgIpc) is 2.66. The van der Waals surface area contributed by atoms with E-state index in [-0.39, 0.29) is 5.38 Å². The SMILES string of the molecule is CCC(Cl)c1cn(CCCOC)nn1. The summed E-state index contributed by atoms with van der Waals surface area (Å²) in [6, 6.07) is 0. The summed E-state index contributed by atoms with van der Waals surface area (Å²) in [4.78, 5) is 0. The highest BCUT2D eigenvalue weighted by atomic mass is 35.5. The number of aromatic nitrogens is 3. The maximum Gasteiger partial charge on any atom is 0.100 e. The van der Waals surface area contributed by atoms with Crippen LogP contribution in [0.25, 0.3) is 0 Å². The third-order valence-electron chi connectivity index (χ3n) is 1.97. The molecule has 0 bridgehead atoms. The first-order valence-electron chi connectivity index (χ1n) is 4.81. The number of nitrogens with zero attached hydrogens (tertiary/aromatic N) is 3. The first kappa shape index (κ1) is 11.5. The van der Waals surface area contributed by atoms with E-state index in [1.165, 1.54) is 0 Å². The lowest BCUT2D eigenvalue weighted by atomic mass is 10.3. The molecule has 1 aromatic heterocycles. The van der Waals surface area contributed by atoms with Crippen LogP contribution >= 0.6 is 11.6 Å². The molecular weight excluding hydrogens is 202 g/mol. The van der Waals surface area contributed by atoms with Gasteiger partial charge in [0.1, 0.15) is 5.69 Å². The number of hydrogen-bond donors (Lipinski definition) is 0. The van der Waals surface area contributed by atoms with E-state index in [9.17, 15) is 0 Å². The van der Waals surface area contributed by atoms with Crippen LogP contribution in [-0.2, 0) is 11.3 Å². The molecule has 4 nitrogen and oxygen atoms in total. The summed E-state index contributed by atoms with van der Waals surface area (Å²) in [6.07, 6.45) is 3.72. The molecule has 0 aliphatic heterocycles. The van der Waals surface area contributed by atoms with Gasteiger partial charge in [-0.25, -0.2) is 0 Å². The lowest BCUT2D eigenvalue weighted by Crippen LogP contribution is -2.01. The highest BCUT2D eigenvalue weighted by molar-refractivity contribution is 6.20. The minimum Gasteiger partial charge on any atom is -0.385 e. The van der Waals surface area contributed by atoms with Gasteiger partial charge in [0.15, 0.2) is 0 Å². The van der Waals surface area contributed by atoms with Crippen molar-refractivity contribution < 1.29 is 4.74 Å². The molecule has 0 N–H and O–H groups in total. The molecule has 1 heterocycles. The molecule has 0 fully saturated rings. The zero-order valence-electron chi connectivity index (χ0n) is 8.61. The van der Waals surface area contributed by atoms with Gasteiger partial charge in [-0.2, -0.15) is 0 Å². The van der Waals surface area contributed by atoms with E-state index in [0.717, 1.165) is 31.7 Å². The molecule has 0 radical (unpaired) electrons. The quantitative estimate of drug-likeness (QED) is 0.541. The van der Waals surface area contributed by atoms with Crippen molar-refractivity contribution >= 4 is 11.6 Å². The number of rotatable bonds is 6. The normalized spacial score (nSPS) is 13.1. The predicted octanol–water partition coefficient (Wildman–Crippen LogP) is 2.00. The van der Waals surface area contributed by atoms with Gasteiger partial charge < -0.3 is 4.74 Å². The van der Waals surface area contributed by atoms with Gasteiger partial charge in [0.05, 0.1) is 5.38 Å². The first-order chi connectivity index (χ1) is 6.77. The van der Waals surface area contributed by atoms with Crippen molar-refractivity contribution in [3.05, 3.63) is 11.9 Å². The Balaban J connectivity index is 2.42. The Morgan fingerprint density at radius 1 is 1.64 bits per heavy atom. The van der Waals surface area contributed by atoms with E-state index < -0.39 is 0 Å². The molecule has 0 spiro atoms. The summed E-state index contributed by atoms with van der Waals surface area (Å²) in [5, 5.41) is 7.97. The van der Waals surface area contributed by atoms with E-state index in [1.807, 2.05) is 13.1 Å². The lowest BCUT2D eigenvalue weighted by Gasteiger charge is -2.00. The Morgan fingerprint density at radius 3 is 3.07 bits per heavy atom. The molecular formula is C9H16ClN3O. The van der Waals surface area contributed by atoms with Crippen LogP contribution in [0.4, 0.5) is 0 Å². The van der Waals surface area contributed by atoms with E-state index in [2.05, 4.69) is 10.3 Å². The van der Waals surface area contributed by atoms with Gasteiger partial charge in [-0.15, -0.1) is 16.7 Å². The van der Waals surface area contributed by atoms with Crippen LogP contribution in [-0.4, -0.2) is 28.7 Å². The van der Waals surface area contributed by atoms with Crippen molar-refractivity contribution in [2.45, 2.75) is 31.7 Å². The topological polar surface area (TPSA) is 39.9 Å². The Bertz CT molecular complexity index is 264. The number of alkyl halides is 1. The monoisotopic (exact) mass is 217 g/mol. The summed E-state index contributed by atoms with van der Waals surface area (Å²) in [7, 11) is 1.69. The third kappa shape index (κ3) is 3.27. The van der Waals surface area contributed by atoms with Crippen LogP contribution in [0.3, 0.4) is 0 Å². The van der Waals surface area contributed by atoms with Crippen LogP contribution in [0.2, 0.25) is 0 Å². The third-order valence-corrected chi connectivity index (χ3v) is 2.50. The fourth-order valence-corrected chi connectivity index (χ4v) is 1.25. The van der Waals surface area contributed by atoms with Crippen molar-refractivity contribution in [2.75, 3.05) is 13.7 Å². The molecule has 0 aromatic carbocycles. The van der Waals surface area contributed by atoms with Gasteiger partial charge in [0.2, 0.25) is 0 Å². The van der Waals surface area contributed by atoms with Crippen LogP contribution < -0.4 is 0 Å². The van der Waals surface area contributed by atoms with Gasteiger partial charge in [-0.3, -0.25) is 4.68 Å². The number of ether oxygens (including phenoxy) is 1. The second-order valence-corrected chi connectivity index (χ2v) is 3.66. The average molecular weight is 218 g/mol. The zero-order chi connectivity index (χ0) is 10.4. The van der Waals surface area contributed by atoms with Crippen LogP contribution in [0.15, 0.2) is 6.20 Å². The van der Waals surface area contributed by atoms with Crippen molar-refractivity contribution in [1.29, 1.82) is 0 Å². The second-order valence-electron chi connectivity index (χ2n) is 3.13. The van der Waals surface area contributed by atoms with Crippen molar-refractivity contribution in [3.8, 4) is 0 Å². The molecule has 14 heavy (non-hydrogen) atoms. The summed E-state index contributed by atoms with van der Waals surface area (Å²) in [5.74, 6) is 0. The van der Waals surface area contributed by atoms with E-state index in [0.29, 0.717) is 0 Å². The fraction of sp³-hybridized carbons (Fsp3) is 0.778. The molecule has 1 rings (SSSR count). The minimum absolute atomic E-state index is 0.0221. The molecule has 1 aromatic rings.